The summed E-state index contributed by atoms with van der Waals surface area (Å²) in [6.07, 6.45) is 0. The van der Waals surface area contributed by atoms with Gasteiger partial charge in [0, 0.05) is 10.9 Å². The van der Waals surface area contributed by atoms with Crippen LogP contribution in [0.3, 0.4) is 0 Å². The van der Waals surface area contributed by atoms with Crippen LogP contribution in [0, 0.1) is 0 Å². The van der Waals surface area contributed by atoms with E-state index < -0.39 is 0 Å². The van der Waals surface area contributed by atoms with Crippen LogP contribution < -0.4 is 10.1 Å². The molecule has 0 saturated heterocycles. The summed E-state index contributed by atoms with van der Waals surface area (Å²) in [5.41, 5.74) is 1.89. The van der Waals surface area contributed by atoms with E-state index in [2.05, 4.69) is 15.4 Å². The lowest BCUT2D eigenvalue weighted by Crippen LogP contribution is -2.13. The number of anilines is 1. The average Bonchev–Trinajstić information content (AvgIpc) is 3.07. The van der Waals surface area contributed by atoms with Gasteiger partial charge in [0.1, 0.15) is 11.6 Å². The highest BCUT2D eigenvalue weighted by Crippen LogP contribution is 2.27. The molecule has 0 aliphatic heterocycles. The summed E-state index contributed by atoms with van der Waals surface area (Å²) in [5.74, 6) is 0.583. The average molecular weight is 323 g/mol. The summed E-state index contributed by atoms with van der Waals surface area (Å²) in [4.78, 5) is 16.2. The van der Waals surface area contributed by atoms with Crippen molar-refractivity contribution in [2.75, 3.05) is 18.3 Å². The van der Waals surface area contributed by atoms with E-state index in [1.165, 1.54) is 11.3 Å². The summed E-state index contributed by atoms with van der Waals surface area (Å²) in [7, 11) is 1.63. The van der Waals surface area contributed by atoms with Crippen molar-refractivity contribution in [2.45, 2.75) is 0 Å². The third-order valence-electron chi connectivity index (χ3n) is 2.84. The minimum Gasteiger partial charge on any atom is -0.497 e. The van der Waals surface area contributed by atoms with E-state index in [0.717, 1.165) is 17.0 Å². The molecule has 1 amide bonds. The normalized spacial score (nSPS) is 10.8. The molecular weight excluding hydrogens is 312 g/mol. The summed E-state index contributed by atoms with van der Waals surface area (Å²) in [6.45, 7) is 0. The van der Waals surface area contributed by atoms with E-state index in [9.17, 15) is 4.79 Å². The van der Waals surface area contributed by atoms with Crippen LogP contribution in [0.4, 0.5) is 5.95 Å². The van der Waals surface area contributed by atoms with Crippen LogP contribution in [-0.2, 0) is 4.79 Å². The second kappa shape index (κ2) is 5.71. The summed E-state index contributed by atoms with van der Waals surface area (Å²) in [6, 6.07) is 7.65. The Labute approximate surface area is 129 Å². The highest BCUT2D eigenvalue weighted by atomic mass is 35.5. The molecule has 6 nitrogen and oxygen atoms in total. The number of halogens is 1. The molecule has 0 aliphatic rings. The molecule has 0 spiro atoms. The van der Waals surface area contributed by atoms with Crippen LogP contribution in [0.15, 0.2) is 29.6 Å². The van der Waals surface area contributed by atoms with Crippen LogP contribution in [0.2, 0.25) is 0 Å². The maximum atomic E-state index is 11.3. The zero-order valence-corrected chi connectivity index (χ0v) is 12.6. The fourth-order valence-electron chi connectivity index (χ4n) is 1.85. The molecule has 21 heavy (non-hydrogen) atoms. The van der Waals surface area contributed by atoms with Crippen molar-refractivity contribution in [2.24, 2.45) is 0 Å². The summed E-state index contributed by atoms with van der Waals surface area (Å²) >= 11 is 6.89. The van der Waals surface area contributed by atoms with Gasteiger partial charge in [0.25, 0.3) is 0 Å². The van der Waals surface area contributed by atoms with Gasteiger partial charge >= 0.3 is 0 Å². The third kappa shape index (κ3) is 2.70. The highest BCUT2D eigenvalue weighted by Gasteiger charge is 2.12. The number of rotatable bonds is 4. The number of hydrogen-bond donors (Lipinski definition) is 1. The smallest absolute Gasteiger partial charge is 0.250 e. The van der Waals surface area contributed by atoms with Gasteiger partial charge < -0.3 is 4.74 Å². The molecule has 0 radical (unpaired) electrons. The first-order valence-electron chi connectivity index (χ1n) is 6.06. The van der Waals surface area contributed by atoms with E-state index in [1.54, 1.807) is 11.6 Å². The number of carbonyl (C=O) groups excluding carboxylic acids is 1. The quantitative estimate of drug-likeness (QED) is 0.750. The lowest BCUT2D eigenvalue weighted by atomic mass is 10.2. The highest BCUT2D eigenvalue weighted by molar-refractivity contribution is 7.15. The number of alkyl halides is 1. The van der Waals surface area contributed by atoms with Crippen molar-refractivity contribution < 1.29 is 9.53 Å². The Balaban J connectivity index is 1.96. The summed E-state index contributed by atoms with van der Waals surface area (Å²) in [5, 5.41) is 8.77. The number of amides is 1. The molecule has 2 heterocycles. The number of thiazole rings is 1. The van der Waals surface area contributed by atoms with E-state index in [4.69, 9.17) is 16.3 Å². The minimum atomic E-state index is -0.332. The van der Waals surface area contributed by atoms with Crippen LogP contribution in [-0.4, -0.2) is 33.5 Å². The second-order valence-electron chi connectivity index (χ2n) is 4.16. The predicted octanol–water partition coefficient (Wildman–Crippen LogP) is 2.64. The molecule has 0 bridgehead atoms. The van der Waals surface area contributed by atoms with E-state index in [1.807, 2.05) is 29.6 Å². The molecule has 108 valence electrons. The van der Waals surface area contributed by atoms with Crippen molar-refractivity contribution in [3.8, 4) is 17.0 Å². The van der Waals surface area contributed by atoms with Gasteiger partial charge in [-0.1, -0.05) is 0 Å². The van der Waals surface area contributed by atoms with Crippen LogP contribution in [0.5, 0.6) is 5.75 Å². The Morgan fingerprint density at radius 1 is 1.43 bits per heavy atom. The Bertz CT molecular complexity index is 781. The van der Waals surface area contributed by atoms with Gasteiger partial charge in [0.05, 0.1) is 12.8 Å². The van der Waals surface area contributed by atoms with Crippen LogP contribution >= 0.6 is 22.9 Å². The van der Waals surface area contributed by atoms with Gasteiger partial charge in [0.15, 0.2) is 0 Å². The molecule has 0 fully saturated rings. The van der Waals surface area contributed by atoms with Crippen molar-refractivity contribution in [1.82, 2.24) is 14.6 Å². The number of carbonyl (C=O) groups is 1. The number of benzene rings is 1. The first-order valence-corrected chi connectivity index (χ1v) is 7.47. The first kappa shape index (κ1) is 13.8. The molecule has 0 aliphatic carbocycles. The largest absolute Gasteiger partial charge is 0.497 e. The van der Waals surface area contributed by atoms with E-state index in [0.29, 0.717) is 4.96 Å². The van der Waals surface area contributed by atoms with Gasteiger partial charge in [-0.05, 0) is 24.3 Å². The second-order valence-corrected chi connectivity index (χ2v) is 5.26. The molecule has 0 saturated carbocycles. The molecule has 2 aromatic heterocycles. The monoisotopic (exact) mass is 322 g/mol. The van der Waals surface area contributed by atoms with Gasteiger partial charge in [-0.15, -0.1) is 28.0 Å². The predicted molar refractivity (Wildman–Crippen MR) is 82.2 cm³/mol. The van der Waals surface area contributed by atoms with E-state index in [-0.39, 0.29) is 17.7 Å². The molecule has 0 unspecified atom stereocenters. The number of hydrogen-bond acceptors (Lipinski definition) is 5. The molecule has 8 heteroatoms. The molecule has 1 N–H and O–H groups in total. The van der Waals surface area contributed by atoms with Crippen molar-refractivity contribution in [1.29, 1.82) is 0 Å². The molecule has 3 aromatic rings. The third-order valence-corrected chi connectivity index (χ3v) is 3.90. The zero-order valence-electron chi connectivity index (χ0n) is 11.0. The topological polar surface area (TPSA) is 68.5 Å². The minimum absolute atomic E-state index is 0.127. The van der Waals surface area contributed by atoms with E-state index >= 15 is 0 Å². The number of nitrogens with zero attached hydrogens (tertiary/aromatic N) is 3. The molecule has 1 aromatic carbocycles. The van der Waals surface area contributed by atoms with Gasteiger partial charge in [0.2, 0.25) is 16.8 Å². The Kier molecular flexibility index (Phi) is 3.76. The van der Waals surface area contributed by atoms with Crippen molar-refractivity contribution in [3.05, 3.63) is 29.6 Å². The molecule has 3 rings (SSSR count). The van der Waals surface area contributed by atoms with Gasteiger partial charge in [-0.2, -0.15) is 4.98 Å². The van der Waals surface area contributed by atoms with Gasteiger partial charge in [-0.25, -0.2) is 4.52 Å². The summed E-state index contributed by atoms with van der Waals surface area (Å²) < 4.78 is 6.83. The number of fused-ring (bicyclic) bond motifs is 1. The Hall–Kier alpha value is -2.12. The maximum Gasteiger partial charge on any atom is 0.250 e. The van der Waals surface area contributed by atoms with Crippen molar-refractivity contribution >= 4 is 39.8 Å². The van der Waals surface area contributed by atoms with Crippen molar-refractivity contribution in [3.63, 3.8) is 0 Å². The molecule has 0 atom stereocenters. The molecular formula is C13H11ClN4O2S. The zero-order chi connectivity index (χ0) is 14.8. The van der Waals surface area contributed by atoms with Crippen LogP contribution in [0.25, 0.3) is 16.2 Å². The first-order chi connectivity index (χ1) is 10.2. The Morgan fingerprint density at radius 3 is 2.86 bits per heavy atom. The fourth-order valence-corrected chi connectivity index (χ4v) is 2.75. The van der Waals surface area contributed by atoms with Crippen LogP contribution in [0.1, 0.15) is 0 Å². The SMILES string of the molecule is COc1ccc(-c2csc3nc(NC(=O)CCl)nn23)cc1. The number of aromatic nitrogens is 3. The lowest BCUT2D eigenvalue weighted by molar-refractivity contribution is -0.114. The standard InChI is InChI=1S/C13H11ClN4O2S/c1-20-9-4-2-8(3-5-9)10-7-21-13-16-12(17-18(10)13)15-11(19)6-14/h2-5,7H,6H2,1H3,(H,15,17,19). The Morgan fingerprint density at radius 2 is 2.19 bits per heavy atom. The lowest BCUT2D eigenvalue weighted by Gasteiger charge is -2.01. The fraction of sp³-hybridized carbons (Fsp3) is 0.154. The number of ether oxygens (including phenoxy) is 1. The number of methoxy groups -OCH3 is 1. The van der Waals surface area contributed by atoms with Gasteiger partial charge in [-0.3, -0.25) is 10.1 Å². The number of nitrogens with one attached hydrogen (secondary N) is 1. The maximum absolute atomic E-state index is 11.3.